The Kier molecular flexibility index (Phi) is 4.84. The molecular weight excluding hydrogens is 412 g/mol. The molecule has 1 saturated heterocycles. The molecule has 168 valence electrons. The van der Waals surface area contributed by atoms with Crippen LogP contribution in [0.4, 0.5) is 0 Å². The number of hydrogen-bond donors (Lipinski definition) is 0. The van der Waals surface area contributed by atoms with E-state index in [2.05, 4.69) is 58.9 Å². The van der Waals surface area contributed by atoms with Gasteiger partial charge in [0.05, 0.1) is 25.6 Å². The van der Waals surface area contributed by atoms with Crippen molar-refractivity contribution in [3.63, 3.8) is 0 Å². The van der Waals surface area contributed by atoms with Crippen molar-refractivity contribution < 1.29 is 9.47 Å². The fourth-order valence-electron chi connectivity index (χ4n) is 5.71. The van der Waals surface area contributed by atoms with Gasteiger partial charge in [0, 0.05) is 42.4 Å². The maximum absolute atomic E-state index is 5.54. The standard InChI is InChI=1S/C27H28N4O2/c1-17-26(19-9-12-24(32-2)25(13-19)33-3)27-28-15-21-22-11-10-20(14-23(21)31(27)29-17)30(22)16-18-7-5-4-6-8-18/h4-9,12-13,15,20,22H,10-11,14,16H2,1-3H3/t20-,22-/m0/s1. The van der Waals surface area contributed by atoms with Crippen LogP contribution in [-0.2, 0) is 13.0 Å². The van der Waals surface area contributed by atoms with Crippen LogP contribution in [0.1, 0.15) is 41.4 Å². The Morgan fingerprint density at radius 3 is 2.61 bits per heavy atom. The van der Waals surface area contributed by atoms with E-state index in [1.165, 1.54) is 29.7 Å². The summed E-state index contributed by atoms with van der Waals surface area (Å²) < 4.78 is 13.1. The van der Waals surface area contributed by atoms with Gasteiger partial charge in [-0.1, -0.05) is 36.4 Å². The van der Waals surface area contributed by atoms with E-state index in [9.17, 15) is 0 Å². The van der Waals surface area contributed by atoms with Crippen molar-refractivity contribution in [2.45, 2.75) is 44.8 Å². The van der Waals surface area contributed by atoms with Crippen LogP contribution in [0.2, 0.25) is 0 Å². The predicted molar refractivity (Wildman–Crippen MR) is 128 cm³/mol. The third-order valence-electron chi connectivity index (χ3n) is 7.26. The van der Waals surface area contributed by atoms with E-state index in [1.807, 2.05) is 12.1 Å². The lowest BCUT2D eigenvalue weighted by Crippen LogP contribution is -2.38. The third-order valence-corrected chi connectivity index (χ3v) is 7.26. The molecule has 2 aliphatic rings. The monoisotopic (exact) mass is 440 g/mol. The first-order valence-corrected chi connectivity index (χ1v) is 11.6. The van der Waals surface area contributed by atoms with E-state index in [0.29, 0.717) is 17.8 Å². The molecule has 0 amide bonds. The number of hydrogen-bond acceptors (Lipinski definition) is 5. The fourth-order valence-corrected chi connectivity index (χ4v) is 5.71. The van der Waals surface area contributed by atoms with Gasteiger partial charge in [-0.05, 0) is 43.0 Å². The van der Waals surface area contributed by atoms with Gasteiger partial charge in [0.1, 0.15) is 0 Å². The smallest absolute Gasteiger partial charge is 0.163 e. The van der Waals surface area contributed by atoms with E-state index in [1.54, 1.807) is 14.2 Å². The van der Waals surface area contributed by atoms with Crippen LogP contribution in [0.3, 0.4) is 0 Å². The Hall–Kier alpha value is -3.38. The first kappa shape index (κ1) is 20.2. The minimum Gasteiger partial charge on any atom is -0.493 e. The van der Waals surface area contributed by atoms with Crippen molar-refractivity contribution in [2.75, 3.05) is 14.2 Å². The molecule has 1 fully saturated rings. The van der Waals surface area contributed by atoms with Crippen molar-refractivity contribution in [1.29, 1.82) is 0 Å². The summed E-state index contributed by atoms with van der Waals surface area (Å²) in [7, 11) is 3.32. The number of ether oxygens (including phenoxy) is 2. The Morgan fingerprint density at radius 1 is 1.00 bits per heavy atom. The minimum absolute atomic E-state index is 0.407. The van der Waals surface area contributed by atoms with Crippen molar-refractivity contribution in [2.24, 2.45) is 0 Å². The molecule has 0 radical (unpaired) electrons. The zero-order chi connectivity index (χ0) is 22.5. The Balaban J connectivity index is 1.42. The number of methoxy groups -OCH3 is 2. The molecule has 0 N–H and O–H groups in total. The van der Waals surface area contributed by atoms with Crippen LogP contribution in [0, 0.1) is 6.92 Å². The Bertz CT molecular complexity index is 1330. The number of nitrogens with zero attached hydrogens (tertiary/aromatic N) is 4. The Labute approximate surface area is 193 Å². The van der Waals surface area contributed by atoms with Gasteiger partial charge in [0.2, 0.25) is 0 Å². The second-order valence-corrected chi connectivity index (χ2v) is 9.03. The summed E-state index contributed by atoms with van der Waals surface area (Å²) in [5.74, 6) is 1.43. The zero-order valence-electron chi connectivity index (χ0n) is 19.3. The van der Waals surface area contributed by atoms with Crippen molar-refractivity contribution in [1.82, 2.24) is 19.5 Å². The predicted octanol–water partition coefficient (Wildman–Crippen LogP) is 4.98. The molecule has 0 aliphatic carbocycles. The molecule has 4 heterocycles. The number of benzene rings is 2. The fraction of sp³-hybridized carbons (Fsp3) is 0.333. The summed E-state index contributed by atoms with van der Waals surface area (Å²) in [5.41, 5.74) is 7.99. The highest BCUT2D eigenvalue weighted by atomic mass is 16.5. The third kappa shape index (κ3) is 3.20. The van der Waals surface area contributed by atoms with Gasteiger partial charge in [-0.3, -0.25) is 4.90 Å². The number of fused-ring (bicyclic) bond motifs is 6. The minimum atomic E-state index is 0.407. The van der Waals surface area contributed by atoms with Crippen molar-refractivity contribution >= 4 is 5.65 Å². The van der Waals surface area contributed by atoms with E-state index in [4.69, 9.17) is 19.6 Å². The second kappa shape index (κ2) is 7.89. The van der Waals surface area contributed by atoms with E-state index >= 15 is 0 Å². The number of aromatic nitrogens is 3. The summed E-state index contributed by atoms with van der Waals surface area (Å²) in [5, 5.41) is 4.97. The summed E-state index contributed by atoms with van der Waals surface area (Å²) in [6.45, 7) is 3.05. The van der Waals surface area contributed by atoms with Gasteiger partial charge >= 0.3 is 0 Å². The lowest BCUT2D eigenvalue weighted by Gasteiger charge is -2.36. The van der Waals surface area contributed by atoms with Crippen molar-refractivity contribution in [3.8, 4) is 22.6 Å². The second-order valence-electron chi connectivity index (χ2n) is 9.03. The summed E-state index contributed by atoms with van der Waals surface area (Å²) in [4.78, 5) is 7.61. The van der Waals surface area contributed by atoms with Crippen LogP contribution in [0.15, 0.2) is 54.7 Å². The molecule has 33 heavy (non-hydrogen) atoms. The molecule has 6 rings (SSSR count). The molecular formula is C27H28N4O2. The van der Waals surface area contributed by atoms with Gasteiger partial charge in [-0.2, -0.15) is 5.10 Å². The molecule has 0 spiro atoms. The number of rotatable bonds is 5. The summed E-state index contributed by atoms with van der Waals surface area (Å²) in [6, 6.07) is 17.7. The first-order valence-electron chi connectivity index (χ1n) is 11.6. The average Bonchev–Trinajstić information content (AvgIpc) is 3.32. The highest BCUT2D eigenvalue weighted by Gasteiger charge is 2.41. The lowest BCUT2D eigenvalue weighted by atomic mass is 9.98. The van der Waals surface area contributed by atoms with Crippen LogP contribution in [0.5, 0.6) is 11.5 Å². The summed E-state index contributed by atoms with van der Waals surface area (Å²) >= 11 is 0. The van der Waals surface area contributed by atoms with Gasteiger partial charge < -0.3 is 9.47 Å². The van der Waals surface area contributed by atoms with Gasteiger partial charge in [-0.25, -0.2) is 9.50 Å². The van der Waals surface area contributed by atoms with Crippen LogP contribution in [0.25, 0.3) is 16.8 Å². The molecule has 0 saturated carbocycles. The average molecular weight is 441 g/mol. The molecule has 2 aromatic carbocycles. The molecule has 4 aromatic rings. The van der Waals surface area contributed by atoms with Crippen LogP contribution in [-0.4, -0.2) is 39.8 Å². The molecule has 0 unspecified atom stereocenters. The molecule has 2 atom stereocenters. The summed E-state index contributed by atoms with van der Waals surface area (Å²) in [6.07, 6.45) is 5.50. The molecule has 6 nitrogen and oxygen atoms in total. The number of aryl methyl sites for hydroxylation is 1. The van der Waals surface area contributed by atoms with E-state index < -0.39 is 0 Å². The van der Waals surface area contributed by atoms with Gasteiger partial charge in [0.25, 0.3) is 0 Å². The van der Waals surface area contributed by atoms with E-state index in [-0.39, 0.29) is 0 Å². The highest BCUT2D eigenvalue weighted by molar-refractivity contribution is 5.81. The zero-order valence-corrected chi connectivity index (χ0v) is 19.3. The van der Waals surface area contributed by atoms with Gasteiger partial charge in [-0.15, -0.1) is 0 Å². The quantitative estimate of drug-likeness (QED) is 0.438. The molecule has 2 bridgehead atoms. The maximum Gasteiger partial charge on any atom is 0.163 e. The van der Waals surface area contributed by atoms with Crippen LogP contribution >= 0.6 is 0 Å². The van der Waals surface area contributed by atoms with Crippen LogP contribution < -0.4 is 9.47 Å². The molecule has 2 aliphatic heterocycles. The normalized spacial score (nSPS) is 19.6. The van der Waals surface area contributed by atoms with Crippen molar-refractivity contribution in [3.05, 3.63) is 77.2 Å². The van der Waals surface area contributed by atoms with E-state index in [0.717, 1.165) is 41.2 Å². The highest BCUT2D eigenvalue weighted by Crippen LogP contribution is 2.45. The van der Waals surface area contributed by atoms with Gasteiger partial charge in [0.15, 0.2) is 17.1 Å². The topological polar surface area (TPSA) is 51.9 Å². The largest absolute Gasteiger partial charge is 0.493 e. The molecule has 6 heteroatoms. The first-order chi connectivity index (χ1) is 16.2. The molecule has 2 aromatic heterocycles. The Morgan fingerprint density at radius 2 is 1.82 bits per heavy atom. The maximum atomic E-state index is 5.54. The lowest BCUT2D eigenvalue weighted by molar-refractivity contribution is 0.165. The SMILES string of the molecule is COc1ccc(-c2c(C)nn3c4c(cnc23)[C@@H]2CC[C@@H](C4)N2Cc2ccccc2)cc1OC.